The van der Waals surface area contributed by atoms with Gasteiger partial charge in [0.2, 0.25) is 5.91 Å². The lowest BCUT2D eigenvalue weighted by atomic mass is 9.84. The smallest absolute Gasteiger partial charge is 0.254 e. The van der Waals surface area contributed by atoms with Gasteiger partial charge in [0.05, 0.1) is 0 Å². The van der Waals surface area contributed by atoms with Crippen molar-refractivity contribution in [3.05, 3.63) is 34.9 Å². The Kier molecular flexibility index (Phi) is 5.76. The van der Waals surface area contributed by atoms with Crippen molar-refractivity contribution in [2.45, 2.75) is 69.5 Å². The number of hydrogen-bond acceptors (Lipinski definition) is 3. The van der Waals surface area contributed by atoms with Crippen LogP contribution in [0, 0.1) is 5.92 Å². The SMILES string of the molecule is O=C(C1CC2CCCCC2N1C(=O)c1cccc(Cl)c1)N1CCC(N2CCCC2)C1. The van der Waals surface area contributed by atoms with Crippen LogP contribution in [0.1, 0.15) is 61.7 Å². The topological polar surface area (TPSA) is 43.9 Å². The molecule has 4 fully saturated rings. The summed E-state index contributed by atoms with van der Waals surface area (Å²) in [4.78, 5) is 33.7. The number of carbonyl (C=O) groups is 2. The highest BCUT2D eigenvalue weighted by atomic mass is 35.5. The summed E-state index contributed by atoms with van der Waals surface area (Å²) in [6.45, 7) is 3.98. The molecule has 2 amide bonds. The van der Waals surface area contributed by atoms with E-state index in [2.05, 4.69) is 4.90 Å². The third-order valence-corrected chi connectivity index (χ3v) is 8.05. The van der Waals surface area contributed by atoms with Crippen molar-refractivity contribution in [3.8, 4) is 0 Å². The second kappa shape index (κ2) is 8.51. The van der Waals surface area contributed by atoms with Gasteiger partial charge in [0, 0.05) is 35.8 Å². The minimum absolute atomic E-state index is 0.0273. The van der Waals surface area contributed by atoms with E-state index in [4.69, 9.17) is 11.6 Å². The third kappa shape index (κ3) is 3.75. The van der Waals surface area contributed by atoms with Crippen molar-refractivity contribution in [3.63, 3.8) is 0 Å². The fraction of sp³-hybridized carbons (Fsp3) is 0.667. The summed E-state index contributed by atoms with van der Waals surface area (Å²) in [6, 6.07) is 7.54. The zero-order valence-corrected chi connectivity index (χ0v) is 18.4. The number of hydrogen-bond donors (Lipinski definition) is 0. The van der Waals surface area contributed by atoms with Crippen molar-refractivity contribution in [1.29, 1.82) is 0 Å². The fourth-order valence-electron chi connectivity index (χ4n) is 6.30. The Morgan fingerprint density at radius 1 is 0.967 bits per heavy atom. The van der Waals surface area contributed by atoms with E-state index in [-0.39, 0.29) is 23.9 Å². The van der Waals surface area contributed by atoms with Crippen LogP contribution in [-0.2, 0) is 4.79 Å². The van der Waals surface area contributed by atoms with E-state index < -0.39 is 0 Å². The molecule has 30 heavy (non-hydrogen) atoms. The summed E-state index contributed by atoms with van der Waals surface area (Å²) in [5, 5.41) is 0.566. The Hall–Kier alpha value is -1.59. The van der Waals surface area contributed by atoms with Crippen molar-refractivity contribution >= 4 is 23.4 Å². The first kappa shape index (κ1) is 20.3. The van der Waals surface area contributed by atoms with Crippen LogP contribution in [0.3, 0.4) is 0 Å². The minimum Gasteiger partial charge on any atom is -0.339 e. The molecule has 4 unspecified atom stereocenters. The molecule has 1 aliphatic carbocycles. The molecule has 3 aliphatic heterocycles. The molecule has 6 heteroatoms. The van der Waals surface area contributed by atoms with E-state index in [1.807, 2.05) is 21.9 Å². The highest BCUT2D eigenvalue weighted by Gasteiger charge is 2.49. The number of nitrogens with zero attached hydrogens (tertiary/aromatic N) is 3. The van der Waals surface area contributed by atoms with Gasteiger partial charge in [0.1, 0.15) is 6.04 Å². The van der Waals surface area contributed by atoms with Crippen LogP contribution in [0.15, 0.2) is 24.3 Å². The first-order valence-electron chi connectivity index (χ1n) is 11.7. The first-order valence-corrected chi connectivity index (χ1v) is 12.1. The molecular weight excluding hydrogens is 398 g/mol. The Morgan fingerprint density at radius 3 is 2.57 bits per heavy atom. The highest BCUT2D eigenvalue weighted by Crippen LogP contribution is 2.41. The summed E-state index contributed by atoms with van der Waals surface area (Å²) in [7, 11) is 0. The van der Waals surface area contributed by atoms with Crippen molar-refractivity contribution in [2.75, 3.05) is 26.2 Å². The number of benzene rings is 1. The largest absolute Gasteiger partial charge is 0.339 e. The zero-order valence-electron chi connectivity index (χ0n) is 17.6. The van der Waals surface area contributed by atoms with Gasteiger partial charge in [-0.2, -0.15) is 0 Å². The average molecular weight is 430 g/mol. The monoisotopic (exact) mass is 429 g/mol. The molecule has 0 bridgehead atoms. The Labute approximate surface area is 184 Å². The molecule has 4 atom stereocenters. The molecular formula is C24H32ClN3O2. The van der Waals surface area contributed by atoms with Gasteiger partial charge in [-0.25, -0.2) is 0 Å². The van der Waals surface area contributed by atoms with Crippen molar-refractivity contribution in [1.82, 2.24) is 14.7 Å². The van der Waals surface area contributed by atoms with Crippen LogP contribution in [-0.4, -0.2) is 70.8 Å². The first-order chi connectivity index (χ1) is 14.6. The molecule has 0 N–H and O–H groups in total. The lowest BCUT2D eigenvalue weighted by molar-refractivity contribution is -0.134. The maximum Gasteiger partial charge on any atom is 0.254 e. The Bertz CT molecular complexity index is 809. The molecule has 1 aromatic carbocycles. The lowest BCUT2D eigenvalue weighted by Crippen LogP contribution is -2.50. The van der Waals surface area contributed by atoms with E-state index in [1.54, 1.807) is 12.1 Å². The van der Waals surface area contributed by atoms with Crippen molar-refractivity contribution in [2.24, 2.45) is 5.92 Å². The van der Waals surface area contributed by atoms with Crippen LogP contribution in [0.2, 0.25) is 5.02 Å². The molecule has 0 aromatic heterocycles. The Balaban J connectivity index is 1.36. The highest BCUT2D eigenvalue weighted by molar-refractivity contribution is 6.31. The van der Waals surface area contributed by atoms with Gasteiger partial charge in [-0.05, 0) is 75.7 Å². The van der Waals surface area contributed by atoms with Crippen LogP contribution < -0.4 is 0 Å². The van der Waals surface area contributed by atoms with E-state index in [0.717, 1.165) is 45.2 Å². The van der Waals surface area contributed by atoms with E-state index in [0.29, 0.717) is 22.5 Å². The number of rotatable bonds is 3. The molecule has 1 aromatic rings. The van der Waals surface area contributed by atoms with E-state index in [1.165, 1.54) is 32.4 Å². The van der Waals surface area contributed by atoms with E-state index in [9.17, 15) is 9.59 Å². The second-order valence-corrected chi connectivity index (χ2v) is 9.99. The molecule has 4 aliphatic rings. The molecule has 3 saturated heterocycles. The number of halogens is 1. The fourth-order valence-corrected chi connectivity index (χ4v) is 6.49. The predicted octanol–water partition coefficient (Wildman–Crippen LogP) is 3.81. The van der Waals surface area contributed by atoms with Gasteiger partial charge < -0.3 is 9.80 Å². The standard InChI is InChI=1S/C24H32ClN3O2/c25-19-8-5-7-18(14-19)23(29)28-21-9-2-1-6-17(21)15-22(28)24(30)27-13-10-20(16-27)26-11-3-4-12-26/h5,7-8,14,17,20-22H,1-4,6,9-13,15-16H2. The van der Waals surface area contributed by atoms with Crippen LogP contribution in [0.25, 0.3) is 0 Å². The minimum atomic E-state index is -0.318. The van der Waals surface area contributed by atoms with Gasteiger partial charge in [-0.15, -0.1) is 0 Å². The maximum atomic E-state index is 13.7. The van der Waals surface area contributed by atoms with Gasteiger partial charge in [0.25, 0.3) is 5.91 Å². The Morgan fingerprint density at radius 2 is 1.77 bits per heavy atom. The summed E-state index contributed by atoms with van der Waals surface area (Å²) in [5.41, 5.74) is 0.600. The van der Waals surface area contributed by atoms with Gasteiger partial charge >= 0.3 is 0 Å². The number of likely N-dealkylation sites (tertiary alicyclic amines) is 3. The summed E-state index contributed by atoms with van der Waals surface area (Å²) in [5.74, 6) is 0.592. The number of fused-ring (bicyclic) bond motifs is 1. The third-order valence-electron chi connectivity index (χ3n) is 7.81. The van der Waals surface area contributed by atoms with Gasteiger partial charge in [0.15, 0.2) is 0 Å². The van der Waals surface area contributed by atoms with Gasteiger partial charge in [-0.3, -0.25) is 14.5 Å². The molecule has 5 rings (SSSR count). The van der Waals surface area contributed by atoms with Gasteiger partial charge in [-0.1, -0.05) is 30.5 Å². The number of amides is 2. The van der Waals surface area contributed by atoms with Crippen LogP contribution in [0.4, 0.5) is 0 Å². The second-order valence-electron chi connectivity index (χ2n) is 9.56. The lowest BCUT2D eigenvalue weighted by Gasteiger charge is -2.35. The predicted molar refractivity (Wildman–Crippen MR) is 118 cm³/mol. The van der Waals surface area contributed by atoms with Crippen LogP contribution >= 0.6 is 11.6 Å². The van der Waals surface area contributed by atoms with Crippen LogP contribution in [0.5, 0.6) is 0 Å². The molecule has 0 spiro atoms. The molecule has 162 valence electrons. The summed E-state index contributed by atoms with van der Waals surface area (Å²) >= 11 is 6.16. The summed E-state index contributed by atoms with van der Waals surface area (Å²) < 4.78 is 0. The zero-order chi connectivity index (χ0) is 20.7. The molecule has 1 saturated carbocycles. The average Bonchev–Trinajstić information content (AvgIpc) is 3.51. The maximum absolute atomic E-state index is 13.7. The molecule has 0 radical (unpaired) electrons. The van der Waals surface area contributed by atoms with E-state index >= 15 is 0 Å². The summed E-state index contributed by atoms with van der Waals surface area (Å²) in [6.07, 6.45) is 8.93. The molecule has 5 nitrogen and oxygen atoms in total. The number of carbonyl (C=O) groups excluding carboxylic acids is 2. The van der Waals surface area contributed by atoms with Crippen molar-refractivity contribution < 1.29 is 9.59 Å². The molecule has 3 heterocycles. The normalized spacial score (nSPS) is 31.9. The quantitative estimate of drug-likeness (QED) is 0.733.